The van der Waals surface area contributed by atoms with Gasteiger partial charge in [0.1, 0.15) is 5.69 Å². The second-order valence-electron chi connectivity index (χ2n) is 6.25. The summed E-state index contributed by atoms with van der Waals surface area (Å²) in [6.07, 6.45) is 3.74. The minimum Gasteiger partial charge on any atom is -0.318 e. The van der Waals surface area contributed by atoms with E-state index in [9.17, 15) is 9.59 Å². The number of para-hydroxylation sites is 1. The first-order valence-corrected chi connectivity index (χ1v) is 10.1. The summed E-state index contributed by atoms with van der Waals surface area (Å²) in [4.78, 5) is 26.9. The molecule has 0 saturated carbocycles. The van der Waals surface area contributed by atoms with Crippen molar-refractivity contribution in [3.05, 3.63) is 90.8 Å². The molecule has 0 spiro atoms. The van der Waals surface area contributed by atoms with Crippen molar-refractivity contribution in [2.24, 2.45) is 0 Å². The van der Waals surface area contributed by atoms with E-state index in [1.54, 1.807) is 16.7 Å². The van der Waals surface area contributed by atoms with Crippen LogP contribution in [0.25, 0.3) is 16.6 Å². The molecular formula is C23H18N2O2S. The lowest BCUT2D eigenvalue weighted by Gasteiger charge is -2.10. The van der Waals surface area contributed by atoms with Crippen molar-refractivity contribution in [1.29, 1.82) is 0 Å². The Morgan fingerprint density at radius 3 is 2.39 bits per heavy atom. The molecule has 1 amide bonds. The minimum absolute atomic E-state index is 0.362. The van der Waals surface area contributed by atoms with Crippen molar-refractivity contribution in [1.82, 2.24) is 4.40 Å². The molecule has 0 fully saturated rings. The van der Waals surface area contributed by atoms with Gasteiger partial charge in [0.2, 0.25) is 0 Å². The fourth-order valence-corrected chi connectivity index (χ4v) is 3.78. The van der Waals surface area contributed by atoms with E-state index in [1.807, 2.05) is 79.1 Å². The smallest absolute Gasteiger partial charge is 0.298 e. The Kier molecular flexibility index (Phi) is 5.00. The van der Waals surface area contributed by atoms with Crippen molar-refractivity contribution in [2.45, 2.75) is 4.90 Å². The zero-order valence-electron chi connectivity index (χ0n) is 15.3. The second kappa shape index (κ2) is 7.74. The summed E-state index contributed by atoms with van der Waals surface area (Å²) in [7, 11) is 0. The summed E-state index contributed by atoms with van der Waals surface area (Å²) in [6, 6.07) is 24.7. The van der Waals surface area contributed by atoms with Crippen LogP contribution in [0.5, 0.6) is 0 Å². The molecule has 0 saturated heterocycles. The zero-order chi connectivity index (χ0) is 19.5. The van der Waals surface area contributed by atoms with Gasteiger partial charge in [0, 0.05) is 22.2 Å². The third kappa shape index (κ3) is 3.32. The van der Waals surface area contributed by atoms with Crippen LogP contribution in [0.3, 0.4) is 0 Å². The van der Waals surface area contributed by atoms with Gasteiger partial charge in [-0.1, -0.05) is 48.5 Å². The van der Waals surface area contributed by atoms with Crippen LogP contribution in [0.2, 0.25) is 0 Å². The molecule has 138 valence electrons. The van der Waals surface area contributed by atoms with Gasteiger partial charge in [-0.05, 0) is 42.2 Å². The number of ketones is 1. The molecule has 0 radical (unpaired) electrons. The fraction of sp³-hybridized carbons (Fsp3) is 0.0435. The summed E-state index contributed by atoms with van der Waals surface area (Å²) >= 11 is 1.52. The highest BCUT2D eigenvalue weighted by atomic mass is 32.2. The number of Topliss-reactive ketones (excluding diaryl/α,β-unsaturated/α-hetero) is 1. The predicted octanol–water partition coefficient (Wildman–Crippen LogP) is 5.15. The van der Waals surface area contributed by atoms with E-state index in [4.69, 9.17) is 0 Å². The average Bonchev–Trinajstić information content (AvgIpc) is 3.13. The van der Waals surface area contributed by atoms with Crippen LogP contribution in [-0.2, 0) is 4.79 Å². The number of hydrogen-bond acceptors (Lipinski definition) is 3. The second-order valence-corrected chi connectivity index (χ2v) is 7.10. The van der Waals surface area contributed by atoms with Gasteiger partial charge >= 0.3 is 0 Å². The zero-order valence-corrected chi connectivity index (χ0v) is 16.1. The molecule has 0 aliphatic heterocycles. The summed E-state index contributed by atoms with van der Waals surface area (Å²) in [5.41, 5.74) is 3.50. The van der Waals surface area contributed by atoms with Crippen molar-refractivity contribution >= 4 is 34.7 Å². The summed E-state index contributed by atoms with van der Waals surface area (Å²) < 4.78 is 1.77. The Morgan fingerprint density at radius 1 is 0.893 bits per heavy atom. The van der Waals surface area contributed by atoms with Crippen LogP contribution in [0.15, 0.2) is 90.0 Å². The first-order chi connectivity index (χ1) is 13.7. The maximum absolute atomic E-state index is 13.2. The third-order valence-corrected chi connectivity index (χ3v) is 5.34. The van der Waals surface area contributed by atoms with Gasteiger partial charge in [0.05, 0.1) is 5.69 Å². The molecule has 4 nitrogen and oxygen atoms in total. The Labute approximate surface area is 167 Å². The number of thioether (sulfide) groups is 1. The number of fused-ring (bicyclic) bond motifs is 1. The number of amides is 1. The molecule has 0 atom stereocenters. The van der Waals surface area contributed by atoms with Crippen LogP contribution in [0, 0.1) is 0 Å². The van der Waals surface area contributed by atoms with Crippen LogP contribution in [0.1, 0.15) is 10.5 Å². The molecular weight excluding hydrogens is 368 g/mol. The Bertz CT molecular complexity index is 1170. The van der Waals surface area contributed by atoms with E-state index in [1.165, 1.54) is 11.8 Å². The number of benzene rings is 2. The van der Waals surface area contributed by atoms with E-state index < -0.39 is 11.7 Å². The number of nitrogens with one attached hydrogen (secondary N) is 1. The Hall–Kier alpha value is -3.31. The van der Waals surface area contributed by atoms with Gasteiger partial charge in [0.15, 0.2) is 0 Å². The van der Waals surface area contributed by atoms with Crippen LogP contribution in [-0.4, -0.2) is 22.3 Å². The van der Waals surface area contributed by atoms with Gasteiger partial charge in [0.25, 0.3) is 11.7 Å². The number of anilines is 1. The molecule has 5 heteroatoms. The summed E-state index contributed by atoms with van der Waals surface area (Å²) in [6.45, 7) is 0. The number of nitrogens with zero attached hydrogens (tertiary/aromatic N) is 1. The van der Waals surface area contributed by atoms with Crippen molar-refractivity contribution in [2.75, 3.05) is 11.6 Å². The maximum Gasteiger partial charge on any atom is 0.298 e. The lowest BCUT2D eigenvalue weighted by atomic mass is 10.0. The van der Waals surface area contributed by atoms with Gasteiger partial charge in [-0.2, -0.15) is 0 Å². The van der Waals surface area contributed by atoms with Crippen LogP contribution >= 0.6 is 11.8 Å². The molecule has 2 heterocycles. The first kappa shape index (κ1) is 18.1. The highest BCUT2D eigenvalue weighted by Gasteiger charge is 2.25. The normalized spacial score (nSPS) is 10.8. The number of carbonyl (C=O) groups is 2. The molecule has 2 aromatic carbocycles. The molecule has 1 N–H and O–H groups in total. The summed E-state index contributed by atoms with van der Waals surface area (Å²) in [5, 5.41) is 2.77. The molecule has 4 rings (SSSR count). The van der Waals surface area contributed by atoms with Crippen molar-refractivity contribution < 1.29 is 9.59 Å². The number of rotatable bonds is 5. The monoisotopic (exact) mass is 386 g/mol. The standard InChI is InChI=1S/C23H18N2O2S/c1-28-20-13-6-5-12-19(20)24-23(27)22(26)21-18(16-9-3-2-4-10-16)15-17-11-7-8-14-25(17)21/h2-15H,1H3,(H,24,27). The maximum atomic E-state index is 13.2. The predicted molar refractivity (Wildman–Crippen MR) is 114 cm³/mol. The average molecular weight is 386 g/mol. The topological polar surface area (TPSA) is 50.6 Å². The summed E-state index contributed by atoms with van der Waals surface area (Å²) in [5.74, 6) is -1.22. The lowest BCUT2D eigenvalue weighted by Crippen LogP contribution is -2.25. The largest absolute Gasteiger partial charge is 0.318 e. The highest BCUT2D eigenvalue weighted by molar-refractivity contribution is 7.98. The van der Waals surface area contributed by atoms with Gasteiger partial charge in [-0.15, -0.1) is 11.8 Å². The van der Waals surface area contributed by atoms with Gasteiger partial charge < -0.3 is 9.72 Å². The Morgan fingerprint density at radius 2 is 1.61 bits per heavy atom. The third-order valence-electron chi connectivity index (χ3n) is 4.54. The number of hydrogen-bond donors (Lipinski definition) is 1. The van der Waals surface area contributed by atoms with E-state index in [0.717, 1.165) is 21.5 Å². The SMILES string of the molecule is CSc1ccccc1NC(=O)C(=O)c1c(-c2ccccc2)cc2ccccn12. The number of pyridine rings is 1. The lowest BCUT2D eigenvalue weighted by molar-refractivity contribution is -0.112. The molecule has 0 unspecified atom stereocenters. The first-order valence-electron chi connectivity index (χ1n) is 8.83. The number of aromatic nitrogens is 1. The molecule has 0 bridgehead atoms. The Balaban J connectivity index is 1.77. The molecule has 4 aromatic rings. The number of carbonyl (C=O) groups excluding carboxylic acids is 2. The molecule has 2 aromatic heterocycles. The minimum atomic E-state index is -0.650. The van der Waals surface area contributed by atoms with Crippen molar-refractivity contribution in [3.8, 4) is 11.1 Å². The molecule has 28 heavy (non-hydrogen) atoms. The van der Waals surface area contributed by atoms with Crippen LogP contribution < -0.4 is 5.32 Å². The fourth-order valence-electron chi connectivity index (χ4n) is 3.23. The van der Waals surface area contributed by atoms with E-state index in [0.29, 0.717) is 11.4 Å². The molecule has 0 aliphatic rings. The van der Waals surface area contributed by atoms with Crippen molar-refractivity contribution in [3.63, 3.8) is 0 Å². The van der Waals surface area contributed by atoms with Gasteiger partial charge in [-0.3, -0.25) is 9.59 Å². The molecule has 0 aliphatic carbocycles. The highest BCUT2D eigenvalue weighted by Crippen LogP contribution is 2.29. The van der Waals surface area contributed by atoms with E-state index in [-0.39, 0.29) is 0 Å². The van der Waals surface area contributed by atoms with Crippen LogP contribution in [0.4, 0.5) is 5.69 Å². The van der Waals surface area contributed by atoms with Gasteiger partial charge in [-0.25, -0.2) is 0 Å². The van der Waals surface area contributed by atoms with E-state index in [2.05, 4.69) is 5.32 Å². The quantitative estimate of drug-likeness (QED) is 0.293. The van der Waals surface area contributed by atoms with E-state index >= 15 is 0 Å².